The van der Waals surface area contributed by atoms with Crippen molar-refractivity contribution in [2.45, 2.75) is 0 Å². The second-order valence-corrected chi connectivity index (χ2v) is 9.60. The van der Waals surface area contributed by atoms with Crippen molar-refractivity contribution in [3.63, 3.8) is 0 Å². The lowest BCUT2D eigenvalue weighted by Crippen LogP contribution is -2.15. The van der Waals surface area contributed by atoms with E-state index in [1.54, 1.807) is 48.5 Å². The monoisotopic (exact) mass is 626 g/mol. The summed E-state index contributed by atoms with van der Waals surface area (Å²) in [4.78, 5) is 49.2. The van der Waals surface area contributed by atoms with Crippen molar-refractivity contribution in [3.8, 4) is 23.0 Å². The summed E-state index contributed by atoms with van der Waals surface area (Å²) >= 11 is 0. The number of carboxylic acid groups (broad SMARTS) is 2. The van der Waals surface area contributed by atoms with Crippen LogP contribution in [0.1, 0.15) is 52.6 Å². The Morgan fingerprint density at radius 3 is 1.11 bits per heavy atom. The van der Waals surface area contributed by atoms with Gasteiger partial charge in [0.15, 0.2) is 23.0 Å². The first-order chi connectivity index (χ1) is 22.1. The van der Waals surface area contributed by atoms with Gasteiger partial charge < -0.3 is 39.8 Å². The Bertz CT molecular complexity index is 1680. The molecule has 2 amide bonds. The van der Waals surface area contributed by atoms with Crippen LogP contribution in [0.5, 0.6) is 23.0 Å². The number of amides is 2. The van der Waals surface area contributed by atoms with Crippen LogP contribution in [0.2, 0.25) is 0 Å². The maximum atomic E-state index is 12.9. The Hall–Kier alpha value is -6.30. The van der Waals surface area contributed by atoms with Crippen LogP contribution >= 0.6 is 0 Å². The fourth-order valence-electron chi connectivity index (χ4n) is 4.39. The van der Waals surface area contributed by atoms with E-state index in [9.17, 15) is 29.4 Å². The molecule has 0 aromatic heterocycles. The van der Waals surface area contributed by atoms with E-state index in [2.05, 4.69) is 10.6 Å². The van der Waals surface area contributed by atoms with Crippen molar-refractivity contribution in [1.29, 1.82) is 0 Å². The molecule has 0 aliphatic rings. The summed E-state index contributed by atoms with van der Waals surface area (Å²) < 4.78 is 20.8. The molecule has 0 radical (unpaired) electrons. The van der Waals surface area contributed by atoms with Crippen molar-refractivity contribution in [2.75, 3.05) is 39.1 Å². The molecule has 0 spiro atoms. The van der Waals surface area contributed by atoms with E-state index in [-0.39, 0.29) is 45.5 Å². The second-order valence-electron chi connectivity index (χ2n) is 9.60. The first kappa shape index (κ1) is 32.6. The molecule has 12 nitrogen and oxygen atoms in total. The molecule has 0 aliphatic heterocycles. The molecule has 236 valence electrons. The van der Waals surface area contributed by atoms with Crippen LogP contribution in [0.25, 0.3) is 12.2 Å². The van der Waals surface area contributed by atoms with Gasteiger partial charge in [0.2, 0.25) is 0 Å². The number of rotatable bonds is 12. The standard InChI is InChI=1S/C34H30N2O10/c1-43-27-15-23(33(39)40)25(17-29(27)45-3)35-31(37)21-11-7-19(8-12-21)5-6-20-9-13-22(14-10-20)32(38)36-26-18-30(46-4)28(44-2)16-24(26)34(41)42/h5-18H,1-4H3,(H,35,37)(H,36,38)(H,39,40)(H,41,42)/b6-5+. The lowest BCUT2D eigenvalue weighted by molar-refractivity contribution is 0.0686. The molecule has 46 heavy (non-hydrogen) atoms. The van der Waals surface area contributed by atoms with Gasteiger partial charge in [-0.2, -0.15) is 0 Å². The third-order valence-electron chi connectivity index (χ3n) is 6.82. The number of benzene rings is 4. The number of carbonyl (C=O) groups excluding carboxylic acids is 2. The topological polar surface area (TPSA) is 170 Å². The van der Waals surface area contributed by atoms with Crippen molar-refractivity contribution in [1.82, 2.24) is 0 Å². The summed E-state index contributed by atoms with van der Waals surface area (Å²) in [5.41, 5.74) is 1.98. The molecule has 4 N–H and O–H groups in total. The minimum absolute atomic E-state index is 0.0577. The Balaban J connectivity index is 1.43. The smallest absolute Gasteiger partial charge is 0.337 e. The van der Waals surface area contributed by atoms with Crippen LogP contribution in [-0.2, 0) is 0 Å². The highest BCUT2D eigenvalue weighted by Gasteiger charge is 2.20. The molecular formula is C34H30N2O10. The summed E-state index contributed by atoms with van der Waals surface area (Å²) in [7, 11) is 5.57. The van der Waals surface area contributed by atoms with E-state index in [1.807, 2.05) is 12.2 Å². The Labute approximate surface area is 263 Å². The van der Waals surface area contributed by atoms with Gasteiger partial charge in [-0.05, 0) is 35.4 Å². The van der Waals surface area contributed by atoms with Gasteiger partial charge in [-0.25, -0.2) is 9.59 Å². The van der Waals surface area contributed by atoms with Crippen LogP contribution < -0.4 is 29.6 Å². The van der Waals surface area contributed by atoms with Crippen molar-refractivity contribution >= 4 is 47.3 Å². The van der Waals surface area contributed by atoms with Gasteiger partial charge in [0, 0.05) is 35.4 Å². The number of carbonyl (C=O) groups is 4. The summed E-state index contributed by atoms with van der Waals surface area (Å²) in [6.07, 6.45) is 3.63. The number of anilines is 2. The minimum atomic E-state index is -1.24. The van der Waals surface area contributed by atoms with Crippen LogP contribution in [-0.4, -0.2) is 62.4 Å². The van der Waals surface area contributed by atoms with E-state index in [1.165, 1.54) is 52.7 Å². The van der Waals surface area contributed by atoms with Gasteiger partial charge in [-0.15, -0.1) is 0 Å². The van der Waals surface area contributed by atoms with Gasteiger partial charge in [-0.1, -0.05) is 36.4 Å². The number of carboxylic acids is 2. The van der Waals surface area contributed by atoms with Gasteiger partial charge in [-0.3, -0.25) is 9.59 Å². The Morgan fingerprint density at radius 2 is 0.826 bits per heavy atom. The van der Waals surface area contributed by atoms with Crippen molar-refractivity contribution in [3.05, 3.63) is 106 Å². The molecule has 4 aromatic carbocycles. The van der Waals surface area contributed by atoms with Gasteiger partial charge in [0.1, 0.15) is 0 Å². The fraction of sp³-hybridized carbons (Fsp3) is 0.118. The first-order valence-corrected chi connectivity index (χ1v) is 13.6. The molecule has 0 aliphatic carbocycles. The molecule has 0 bridgehead atoms. The maximum Gasteiger partial charge on any atom is 0.337 e. The third kappa shape index (κ3) is 7.42. The van der Waals surface area contributed by atoms with Crippen LogP contribution in [0.15, 0.2) is 72.8 Å². The Morgan fingerprint density at radius 1 is 0.522 bits per heavy atom. The van der Waals surface area contributed by atoms with Crippen molar-refractivity contribution < 1.29 is 48.3 Å². The quantitative estimate of drug-likeness (QED) is 0.141. The van der Waals surface area contributed by atoms with Crippen LogP contribution in [0.4, 0.5) is 11.4 Å². The third-order valence-corrected chi connectivity index (χ3v) is 6.82. The molecule has 4 rings (SSSR count). The predicted octanol–water partition coefficient (Wildman–Crippen LogP) is 5.79. The van der Waals surface area contributed by atoms with Gasteiger partial charge in [0.25, 0.3) is 11.8 Å². The van der Waals surface area contributed by atoms with E-state index in [4.69, 9.17) is 18.9 Å². The van der Waals surface area contributed by atoms with E-state index < -0.39 is 23.8 Å². The van der Waals surface area contributed by atoms with E-state index >= 15 is 0 Å². The molecule has 0 unspecified atom stereocenters. The first-order valence-electron chi connectivity index (χ1n) is 13.6. The number of methoxy groups -OCH3 is 4. The zero-order valence-electron chi connectivity index (χ0n) is 25.2. The van der Waals surface area contributed by atoms with E-state index in [0.29, 0.717) is 11.1 Å². The predicted molar refractivity (Wildman–Crippen MR) is 171 cm³/mol. The molecule has 0 saturated heterocycles. The molecule has 0 fully saturated rings. The largest absolute Gasteiger partial charge is 0.493 e. The summed E-state index contributed by atoms with van der Waals surface area (Å²) in [6.45, 7) is 0. The lowest BCUT2D eigenvalue weighted by atomic mass is 10.1. The molecule has 4 aromatic rings. The molecule has 12 heteroatoms. The lowest BCUT2D eigenvalue weighted by Gasteiger charge is -2.14. The van der Waals surface area contributed by atoms with Gasteiger partial charge in [0.05, 0.1) is 50.9 Å². The number of ether oxygens (including phenoxy) is 4. The highest BCUT2D eigenvalue weighted by Crippen LogP contribution is 2.35. The molecule has 0 saturated carbocycles. The highest BCUT2D eigenvalue weighted by molar-refractivity contribution is 6.09. The minimum Gasteiger partial charge on any atom is -0.493 e. The number of hydrogen-bond acceptors (Lipinski definition) is 8. The van der Waals surface area contributed by atoms with Crippen LogP contribution in [0, 0.1) is 0 Å². The normalized spacial score (nSPS) is 10.6. The average Bonchev–Trinajstić information content (AvgIpc) is 3.06. The summed E-state index contributed by atoms with van der Waals surface area (Å²) in [5.74, 6) is -2.53. The fourth-order valence-corrected chi connectivity index (χ4v) is 4.39. The zero-order chi connectivity index (χ0) is 33.4. The maximum absolute atomic E-state index is 12.9. The average molecular weight is 627 g/mol. The Kier molecular flexibility index (Phi) is 10.2. The molecule has 0 atom stereocenters. The second kappa shape index (κ2) is 14.4. The SMILES string of the molecule is COc1cc(NC(=O)c2ccc(/C=C/c3ccc(C(=O)Nc4cc(OC)c(OC)cc4C(=O)O)cc3)cc2)c(C(=O)O)cc1OC. The molecule has 0 heterocycles. The van der Waals surface area contributed by atoms with Gasteiger partial charge >= 0.3 is 11.9 Å². The number of hydrogen-bond donors (Lipinski definition) is 4. The van der Waals surface area contributed by atoms with E-state index in [0.717, 1.165) is 11.1 Å². The van der Waals surface area contributed by atoms with Crippen LogP contribution in [0.3, 0.4) is 0 Å². The number of nitrogens with one attached hydrogen (secondary N) is 2. The molecular weight excluding hydrogens is 596 g/mol. The van der Waals surface area contributed by atoms with Crippen molar-refractivity contribution in [2.24, 2.45) is 0 Å². The summed E-state index contributed by atoms with van der Waals surface area (Å²) in [5, 5.41) is 24.4. The highest BCUT2D eigenvalue weighted by atomic mass is 16.5. The zero-order valence-corrected chi connectivity index (χ0v) is 25.2. The summed E-state index contributed by atoms with van der Waals surface area (Å²) in [6, 6.07) is 18.6. The number of aromatic carboxylic acids is 2.